The molecule has 0 saturated heterocycles. The van der Waals surface area contributed by atoms with Crippen molar-refractivity contribution in [2.24, 2.45) is 0 Å². The lowest BCUT2D eigenvalue weighted by Crippen LogP contribution is -2.12. The number of hydrogen-bond acceptors (Lipinski definition) is 3. The summed E-state index contributed by atoms with van der Waals surface area (Å²) in [7, 11) is 0. The van der Waals surface area contributed by atoms with Gasteiger partial charge in [0.1, 0.15) is 5.75 Å². The first kappa shape index (κ1) is 15.6. The summed E-state index contributed by atoms with van der Waals surface area (Å²) < 4.78 is 6.51. The molecule has 20 heavy (non-hydrogen) atoms. The van der Waals surface area contributed by atoms with Crippen LogP contribution in [0.4, 0.5) is 0 Å². The summed E-state index contributed by atoms with van der Waals surface area (Å²) in [6.45, 7) is 3.59. The molecule has 3 nitrogen and oxygen atoms in total. The number of benzene rings is 1. The van der Waals surface area contributed by atoms with E-state index in [-0.39, 0.29) is 0 Å². The molecular weight excluding hydrogens is 363 g/mol. The minimum Gasteiger partial charge on any atom is -0.438 e. The molecule has 0 saturated carbocycles. The summed E-state index contributed by atoms with van der Waals surface area (Å²) in [5, 5.41) is 4.48. The van der Waals surface area contributed by atoms with Crippen molar-refractivity contribution >= 4 is 39.1 Å². The molecule has 0 aliphatic carbocycles. The Labute approximate surface area is 136 Å². The molecule has 2 rings (SSSR count). The Morgan fingerprint density at radius 2 is 2.10 bits per heavy atom. The van der Waals surface area contributed by atoms with Gasteiger partial charge in [-0.05, 0) is 46.2 Å². The molecule has 0 spiro atoms. The van der Waals surface area contributed by atoms with Gasteiger partial charge in [0, 0.05) is 23.8 Å². The zero-order chi connectivity index (χ0) is 14.5. The second kappa shape index (κ2) is 7.27. The highest BCUT2D eigenvalue weighted by Gasteiger charge is 2.07. The highest BCUT2D eigenvalue weighted by atomic mass is 79.9. The number of nitrogens with one attached hydrogen (secondary N) is 1. The SMILES string of the molecule is CCNCc1cc(Oc2ccc(Cl)cc2Br)ncc1Cl. The van der Waals surface area contributed by atoms with Gasteiger partial charge < -0.3 is 10.1 Å². The normalized spacial score (nSPS) is 10.6. The van der Waals surface area contributed by atoms with E-state index in [1.54, 1.807) is 24.4 Å². The van der Waals surface area contributed by atoms with Gasteiger partial charge >= 0.3 is 0 Å². The van der Waals surface area contributed by atoms with Crippen molar-refractivity contribution in [3.8, 4) is 11.6 Å². The number of halogens is 3. The molecular formula is C14H13BrCl2N2O. The topological polar surface area (TPSA) is 34.1 Å². The van der Waals surface area contributed by atoms with E-state index >= 15 is 0 Å². The third kappa shape index (κ3) is 4.09. The van der Waals surface area contributed by atoms with E-state index in [1.165, 1.54) is 0 Å². The number of nitrogens with zero attached hydrogens (tertiary/aromatic N) is 1. The number of pyridine rings is 1. The highest BCUT2D eigenvalue weighted by molar-refractivity contribution is 9.10. The molecule has 6 heteroatoms. The highest BCUT2D eigenvalue weighted by Crippen LogP contribution is 2.32. The minimum absolute atomic E-state index is 0.491. The standard InChI is InChI=1S/C14H13BrCl2N2O/c1-2-18-7-9-5-14(19-8-12(9)17)20-13-4-3-10(16)6-11(13)15/h3-6,8,18H,2,7H2,1H3. The summed E-state index contributed by atoms with van der Waals surface area (Å²) in [6.07, 6.45) is 1.59. The molecule has 0 unspecified atom stereocenters. The van der Waals surface area contributed by atoms with Gasteiger partial charge in [-0.2, -0.15) is 0 Å². The Morgan fingerprint density at radius 1 is 1.30 bits per heavy atom. The van der Waals surface area contributed by atoms with Crippen molar-refractivity contribution in [3.63, 3.8) is 0 Å². The van der Waals surface area contributed by atoms with Crippen LogP contribution in [-0.2, 0) is 6.54 Å². The number of ether oxygens (including phenoxy) is 1. The third-order valence-electron chi connectivity index (χ3n) is 2.58. The first-order valence-corrected chi connectivity index (χ1v) is 7.63. The molecule has 0 aliphatic rings. The second-order valence-electron chi connectivity index (χ2n) is 4.07. The van der Waals surface area contributed by atoms with Crippen LogP contribution < -0.4 is 10.1 Å². The maximum atomic E-state index is 6.10. The zero-order valence-electron chi connectivity index (χ0n) is 10.8. The van der Waals surface area contributed by atoms with Crippen LogP contribution in [0.15, 0.2) is 34.9 Å². The molecule has 0 bridgehead atoms. The van der Waals surface area contributed by atoms with Gasteiger partial charge in [-0.15, -0.1) is 0 Å². The van der Waals surface area contributed by atoms with E-state index in [4.69, 9.17) is 27.9 Å². The van der Waals surface area contributed by atoms with E-state index in [9.17, 15) is 0 Å². The van der Waals surface area contributed by atoms with Crippen molar-refractivity contribution in [1.82, 2.24) is 10.3 Å². The number of hydrogen-bond donors (Lipinski definition) is 1. The zero-order valence-corrected chi connectivity index (χ0v) is 13.9. The van der Waals surface area contributed by atoms with Crippen molar-refractivity contribution in [2.75, 3.05) is 6.54 Å². The van der Waals surface area contributed by atoms with E-state index < -0.39 is 0 Å². The fourth-order valence-electron chi connectivity index (χ4n) is 1.58. The molecule has 1 N–H and O–H groups in total. The van der Waals surface area contributed by atoms with Crippen LogP contribution in [0.5, 0.6) is 11.6 Å². The van der Waals surface area contributed by atoms with Crippen LogP contribution in [-0.4, -0.2) is 11.5 Å². The molecule has 0 aliphatic heterocycles. The Bertz CT molecular complexity index is 608. The Morgan fingerprint density at radius 3 is 2.80 bits per heavy atom. The molecule has 1 aromatic heterocycles. The molecule has 0 atom stereocenters. The third-order valence-corrected chi connectivity index (χ3v) is 3.78. The van der Waals surface area contributed by atoms with Crippen LogP contribution in [0.1, 0.15) is 12.5 Å². The molecule has 1 heterocycles. The van der Waals surface area contributed by atoms with Crippen molar-refractivity contribution in [2.45, 2.75) is 13.5 Å². The van der Waals surface area contributed by atoms with Gasteiger partial charge in [0.15, 0.2) is 0 Å². The smallest absolute Gasteiger partial charge is 0.219 e. The molecule has 2 aromatic rings. The monoisotopic (exact) mass is 374 g/mol. The Balaban J connectivity index is 2.20. The summed E-state index contributed by atoms with van der Waals surface area (Å²) >= 11 is 15.4. The molecule has 0 radical (unpaired) electrons. The van der Waals surface area contributed by atoms with Gasteiger partial charge in [-0.3, -0.25) is 0 Å². The lowest BCUT2D eigenvalue weighted by atomic mass is 10.2. The molecule has 1 aromatic carbocycles. The van der Waals surface area contributed by atoms with Gasteiger partial charge in [0.25, 0.3) is 0 Å². The maximum absolute atomic E-state index is 6.10. The Kier molecular flexibility index (Phi) is 5.66. The average Bonchev–Trinajstić information content (AvgIpc) is 2.42. The van der Waals surface area contributed by atoms with Crippen LogP contribution in [0, 0.1) is 0 Å². The summed E-state index contributed by atoms with van der Waals surface area (Å²) in [5.74, 6) is 1.14. The summed E-state index contributed by atoms with van der Waals surface area (Å²) in [4.78, 5) is 4.17. The van der Waals surface area contributed by atoms with Crippen LogP contribution in [0.3, 0.4) is 0 Å². The number of rotatable bonds is 5. The van der Waals surface area contributed by atoms with E-state index in [1.807, 2.05) is 13.0 Å². The maximum Gasteiger partial charge on any atom is 0.219 e. The van der Waals surface area contributed by atoms with Gasteiger partial charge in [-0.1, -0.05) is 30.1 Å². The van der Waals surface area contributed by atoms with E-state index in [0.29, 0.717) is 28.2 Å². The Hall–Kier alpha value is -0.810. The quantitative estimate of drug-likeness (QED) is 0.793. The second-order valence-corrected chi connectivity index (χ2v) is 5.77. The lowest BCUT2D eigenvalue weighted by Gasteiger charge is -2.10. The molecule has 0 fully saturated rings. The van der Waals surface area contributed by atoms with Crippen LogP contribution in [0.2, 0.25) is 10.0 Å². The fourth-order valence-corrected chi connectivity index (χ4v) is 2.51. The summed E-state index contributed by atoms with van der Waals surface area (Å²) in [5.41, 5.74) is 0.948. The van der Waals surface area contributed by atoms with Crippen molar-refractivity contribution in [1.29, 1.82) is 0 Å². The minimum atomic E-state index is 0.491. The van der Waals surface area contributed by atoms with Gasteiger partial charge in [0.05, 0.1) is 9.50 Å². The largest absolute Gasteiger partial charge is 0.438 e. The fraction of sp³-hybridized carbons (Fsp3) is 0.214. The lowest BCUT2D eigenvalue weighted by molar-refractivity contribution is 0.459. The van der Waals surface area contributed by atoms with Gasteiger partial charge in [0.2, 0.25) is 5.88 Å². The van der Waals surface area contributed by atoms with Crippen LogP contribution in [0.25, 0.3) is 0 Å². The predicted octanol–water partition coefficient (Wildman–Crippen LogP) is 5.05. The van der Waals surface area contributed by atoms with Crippen molar-refractivity contribution < 1.29 is 4.74 Å². The van der Waals surface area contributed by atoms with Crippen LogP contribution >= 0.6 is 39.1 Å². The molecule has 106 valence electrons. The first-order chi connectivity index (χ1) is 9.60. The number of aromatic nitrogens is 1. The summed E-state index contributed by atoms with van der Waals surface area (Å²) in [6, 6.07) is 7.14. The first-order valence-electron chi connectivity index (χ1n) is 6.08. The van der Waals surface area contributed by atoms with E-state index in [0.717, 1.165) is 16.6 Å². The molecule has 0 amide bonds. The predicted molar refractivity (Wildman–Crippen MR) is 85.9 cm³/mol. The van der Waals surface area contributed by atoms with E-state index in [2.05, 4.69) is 26.2 Å². The van der Waals surface area contributed by atoms with Crippen molar-refractivity contribution in [3.05, 3.63) is 50.5 Å². The van der Waals surface area contributed by atoms with Gasteiger partial charge in [-0.25, -0.2) is 4.98 Å². The average molecular weight is 376 g/mol.